The first-order valence-electron chi connectivity index (χ1n) is 2.85. The molecule has 0 aliphatic rings. The summed E-state index contributed by atoms with van der Waals surface area (Å²) in [7, 11) is 5.27. The first kappa shape index (κ1) is 7.76. The summed E-state index contributed by atoms with van der Waals surface area (Å²) in [5, 5.41) is 0. The zero-order valence-corrected chi connectivity index (χ0v) is 7.08. The third-order valence-corrected chi connectivity index (χ3v) is 1.59. The Balaban J connectivity index is 2.69. The van der Waals surface area contributed by atoms with Crippen LogP contribution < -0.4 is 4.18 Å². The SMILES string of the molecule is Cc1ccc(OSCl)cc1. The van der Waals surface area contributed by atoms with E-state index in [1.807, 2.05) is 31.2 Å². The molecule has 0 aliphatic carbocycles. The fourth-order valence-electron chi connectivity index (χ4n) is 0.630. The molecule has 3 heteroatoms. The van der Waals surface area contributed by atoms with Gasteiger partial charge in [0.1, 0.15) is 5.75 Å². The lowest BCUT2D eigenvalue weighted by atomic mass is 10.2. The van der Waals surface area contributed by atoms with Gasteiger partial charge in [-0.3, -0.25) is 0 Å². The van der Waals surface area contributed by atoms with Crippen molar-refractivity contribution in [1.82, 2.24) is 0 Å². The van der Waals surface area contributed by atoms with Crippen molar-refractivity contribution in [2.45, 2.75) is 6.92 Å². The van der Waals surface area contributed by atoms with Crippen molar-refractivity contribution in [1.29, 1.82) is 0 Å². The molecular formula is C7H7ClOS. The number of rotatable bonds is 2. The first-order valence-corrected chi connectivity index (χ1v) is 4.41. The molecule has 0 unspecified atom stereocenters. The second kappa shape index (κ2) is 3.74. The molecule has 0 radical (unpaired) electrons. The van der Waals surface area contributed by atoms with Crippen LogP contribution in [0.4, 0.5) is 0 Å². The zero-order valence-electron chi connectivity index (χ0n) is 5.50. The number of aryl methyl sites for hydroxylation is 1. The number of hydrogen-bond acceptors (Lipinski definition) is 2. The second-order valence-electron chi connectivity index (χ2n) is 1.96. The zero-order chi connectivity index (χ0) is 7.40. The van der Waals surface area contributed by atoms with Crippen LogP contribution in [0.5, 0.6) is 5.75 Å². The van der Waals surface area contributed by atoms with Crippen LogP contribution in [-0.2, 0) is 0 Å². The molecule has 0 aromatic heterocycles. The van der Waals surface area contributed by atoms with Crippen molar-refractivity contribution < 1.29 is 4.18 Å². The van der Waals surface area contributed by atoms with E-state index >= 15 is 0 Å². The Morgan fingerprint density at radius 2 is 1.90 bits per heavy atom. The van der Waals surface area contributed by atoms with Gasteiger partial charge in [0, 0.05) is 10.7 Å². The van der Waals surface area contributed by atoms with Gasteiger partial charge in [0.15, 0.2) is 11.3 Å². The molecule has 0 saturated heterocycles. The highest BCUT2D eigenvalue weighted by molar-refractivity contribution is 8.17. The Morgan fingerprint density at radius 3 is 2.40 bits per heavy atom. The van der Waals surface area contributed by atoms with Gasteiger partial charge in [0.25, 0.3) is 0 Å². The Morgan fingerprint density at radius 1 is 1.30 bits per heavy atom. The lowest BCUT2D eigenvalue weighted by Gasteiger charge is -1.97. The molecule has 0 fully saturated rings. The monoisotopic (exact) mass is 174 g/mol. The molecule has 10 heavy (non-hydrogen) atoms. The summed E-state index contributed by atoms with van der Waals surface area (Å²) in [6.07, 6.45) is 0. The Hall–Kier alpha value is -0.340. The van der Waals surface area contributed by atoms with Crippen LogP contribution in [0, 0.1) is 6.92 Å². The van der Waals surface area contributed by atoms with Crippen molar-refractivity contribution in [3.63, 3.8) is 0 Å². The summed E-state index contributed by atoms with van der Waals surface area (Å²) < 4.78 is 4.94. The maximum absolute atomic E-state index is 5.27. The summed E-state index contributed by atoms with van der Waals surface area (Å²) in [4.78, 5) is 0. The Bertz CT molecular complexity index is 197. The van der Waals surface area contributed by atoms with Gasteiger partial charge in [-0.2, -0.15) is 0 Å². The van der Waals surface area contributed by atoms with E-state index in [1.54, 1.807) is 0 Å². The summed E-state index contributed by atoms with van der Waals surface area (Å²) in [5.41, 5.74) is 1.21. The van der Waals surface area contributed by atoms with Crippen molar-refractivity contribution in [2.75, 3.05) is 0 Å². The largest absolute Gasteiger partial charge is 0.409 e. The molecule has 0 spiro atoms. The van der Waals surface area contributed by atoms with Gasteiger partial charge < -0.3 is 4.18 Å². The smallest absolute Gasteiger partial charge is 0.166 e. The van der Waals surface area contributed by atoms with Crippen LogP contribution in [0.3, 0.4) is 0 Å². The van der Waals surface area contributed by atoms with Gasteiger partial charge in [-0.1, -0.05) is 17.7 Å². The Labute approximate surface area is 69.0 Å². The standard InChI is InChI=1S/C7H7ClOS/c1-6-2-4-7(5-3-6)9-10-8/h2-5H,1H3. The van der Waals surface area contributed by atoms with Gasteiger partial charge >= 0.3 is 0 Å². The highest BCUT2D eigenvalue weighted by atomic mass is 35.7. The van der Waals surface area contributed by atoms with Crippen LogP contribution >= 0.6 is 21.9 Å². The number of halogens is 1. The van der Waals surface area contributed by atoms with E-state index in [-0.39, 0.29) is 0 Å². The number of hydrogen-bond donors (Lipinski definition) is 0. The van der Waals surface area contributed by atoms with Crippen molar-refractivity contribution in [3.05, 3.63) is 29.8 Å². The lowest BCUT2D eigenvalue weighted by molar-refractivity contribution is 0.655. The molecule has 0 saturated carbocycles. The fourth-order valence-corrected chi connectivity index (χ4v) is 1.03. The average molecular weight is 175 g/mol. The van der Waals surface area contributed by atoms with Crippen LogP contribution in [0.25, 0.3) is 0 Å². The van der Waals surface area contributed by atoms with Crippen LogP contribution in [0.1, 0.15) is 5.56 Å². The van der Waals surface area contributed by atoms with Gasteiger partial charge in [0.2, 0.25) is 0 Å². The van der Waals surface area contributed by atoms with E-state index in [0.29, 0.717) is 0 Å². The van der Waals surface area contributed by atoms with Crippen LogP contribution in [-0.4, -0.2) is 0 Å². The minimum Gasteiger partial charge on any atom is -0.409 e. The van der Waals surface area contributed by atoms with Crippen molar-refractivity contribution in [2.24, 2.45) is 0 Å². The maximum Gasteiger partial charge on any atom is 0.166 e. The van der Waals surface area contributed by atoms with E-state index in [2.05, 4.69) is 0 Å². The summed E-state index contributed by atoms with van der Waals surface area (Å²) in [5.74, 6) is 0.783. The van der Waals surface area contributed by atoms with Crippen molar-refractivity contribution in [3.8, 4) is 5.75 Å². The van der Waals surface area contributed by atoms with E-state index < -0.39 is 0 Å². The molecule has 0 atom stereocenters. The molecule has 54 valence electrons. The van der Waals surface area contributed by atoms with Crippen molar-refractivity contribution >= 4 is 21.9 Å². The van der Waals surface area contributed by atoms with E-state index in [0.717, 1.165) is 17.0 Å². The molecule has 0 aliphatic heterocycles. The molecular weight excluding hydrogens is 168 g/mol. The van der Waals surface area contributed by atoms with Gasteiger partial charge in [-0.05, 0) is 19.1 Å². The third-order valence-electron chi connectivity index (χ3n) is 1.15. The molecule has 0 heterocycles. The fraction of sp³-hybridized carbons (Fsp3) is 0.143. The molecule has 1 rings (SSSR count). The van der Waals surface area contributed by atoms with Gasteiger partial charge in [0.05, 0.1) is 0 Å². The molecule has 0 bridgehead atoms. The van der Waals surface area contributed by atoms with Gasteiger partial charge in [-0.25, -0.2) is 0 Å². The van der Waals surface area contributed by atoms with Gasteiger partial charge in [-0.15, -0.1) is 0 Å². The summed E-state index contributed by atoms with van der Waals surface area (Å²) in [6.45, 7) is 2.03. The molecule has 0 amide bonds. The summed E-state index contributed by atoms with van der Waals surface area (Å²) in [6, 6.07) is 7.71. The topological polar surface area (TPSA) is 9.23 Å². The molecule has 1 aromatic carbocycles. The van der Waals surface area contributed by atoms with E-state index in [9.17, 15) is 0 Å². The average Bonchev–Trinajstić information content (AvgIpc) is 1.95. The summed E-state index contributed by atoms with van der Waals surface area (Å²) >= 11 is 0.833. The lowest BCUT2D eigenvalue weighted by Crippen LogP contribution is -1.76. The number of benzene rings is 1. The molecule has 1 nitrogen and oxygen atoms in total. The minimum absolute atomic E-state index is 0.783. The first-order chi connectivity index (χ1) is 4.83. The molecule has 0 N–H and O–H groups in total. The normalized spacial score (nSPS) is 9.40. The quantitative estimate of drug-likeness (QED) is 0.637. The second-order valence-corrected chi connectivity index (χ2v) is 2.63. The molecule has 1 aromatic rings. The third kappa shape index (κ3) is 2.12. The van der Waals surface area contributed by atoms with E-state index in [4.69, 9.17) is 14.9 Å². The predicted octanol–water partition coefficient (Wildman–Crippen LogP) is 3.18. The van der Waals surface area contributed by atoms with Crippen LogP contribution in [0.2, 0.25) is 0 Å². The Kier molecular flexibility index (Phi) is 2.90. The highest BCUT2D eigenvalue weighted by Gasteiger charge is 1.90. The van der Waals surface area contributed by atoms with E-state index in [1.165, 1.54) is 5.56 Å². The van der Waals surface area contributed by atoms with Crippen LogP contribution in [0.15, 0.2) is 24.3 Å². The predicted molar refractivity (Wildman–Crippen MR) is 45.3 cm³/mol. The maximum atomic E-state index is 5.27. The minimum atomic E-state index is 0.783. The highest BCUT2D eigenvalue weighted by Crippen LogP contribution is 2.18.